The van der Waals surface area contributed by atoms with Crippen LogP contribution >= 0.6 is 0 Å². The molecule has 0 spiro atoms. The highest BCUT2D eigenvalue weighted by Gasteiger charge is 2.33. The first-order valence-electron chi connectivity index (χ1n) is 7.35. The highest BCUT2D eigenvalue weighted by molar-refractivity contribution is 5.57. The number of hydrogen-bond donors (Lipinski definition) is 0. The standard InChI is InChI=1S/C16H19N6/c1-13-21(14-6-4-5-8-18(14)2)10-11-22(13)15-12-20-9-7-17-16(20)19(15)3/h4-13H,1-3H3/q+1/t13-/m0/s1. The van der Waals surface area contributed by atoms with E-state index in [1.54, 1.807) is 0 Å². The Morgan fingerprint density at radius 1 is 1.18 bits per heavy atom. The van der Waals surface area contributed by atoms with E-state index < -0.39 is 0 Å². The maximum atomic E-state index is 4.38. The molecule has 0 amide bonds. The number of rotatable bonds is 2. The minimum absolute atomic E-state index is 0.201. The molecule has 0 aliphatic carbocycles. The summed E-state index contributed by atoms with van der Waals surface area (Å²) in [5.41, 5.74) is 0. The molecular formula is C16H19N6+. The number of aromatic nitrogens is 4. The van der Waals surface area contributed by atoms with Gasteiger partial charge in [0.2, 0.25) is 5.78 Å². The van der Waals surface area contributed by atoms with E-state index in [0.717, 1.165) is 17.4 Å². The van der Waals surface area contributed by atoms with Crippen molar-refractivity contribution in [1.82, 2.24) is 14.0 Å². The van der Waals surface area contributed by atoms with Crippen LogP contribution in [0.2, 0.25) is 0 Å². The van der Waals surface area contributed by atoms with Gasteiger partial charge in [0.25, 0.3) is 5.82 Å². The zero-order valence-electron chi connectivity index (χ0n) is 13.0. The lowest BCUT2D eigenvalue weighted by Crippen LogP contribution is -2.43. The van der Waals surface area contributed by atoms with E-state index in [4.69, 9.17) is 0 Å². The first-order valence-corrected chi connectivity index (χ1v) is 7.35. The van der Waals surface area contributed by atoms with E-state index in [2.05, 4.69) is 74.8 Å². The van der Waals surface area contributed by atoms with Gasteiger partial charge >= 0.3 is 0 Å². The summed E-state index contributed by atoms with van der Waals surface area (Å²) in [7, 11) is 4.11. The van der Waals surface area contributed by atoms with Gasteiger partial charge in [0.05, 0.1) is 19.4 Å². The molecule has 22 heavy (non-hydrogen) atoms. The highest BCUT2D eigenvalue weighted by atomic mass is 15.4. The molecule has 0 bridgehead atoms. The van der Waals surface area contributed by atoms with Gasteiger partial charge in [-0.05, 0) is 13.0 Å². The van der Waals surface area contributed by atoms with Crippen molar-refractivity contribution < 1.29 is 4.57 Å². The van der Waals surface area contributed by atoms with Crippen molar-refractivity contribution in [2.45, 2.75) is 13.1 Å². The molecule has 4 rings (SSSR count). The first-order chi connectivity index (χ1) is 10.7. The van der Waals surface area contributed by atoms with Gasteiger partial charge in [-0.25, -0.2) is 14.5 Å². The summed E-state index contributed by atoms with van der Waals surface area (Å²) in [5.74, 6) is 3.22. The van der Waals surface area contributed by atoms with Crippen LogP contribution in [-0.2, 0) is 14.1 Å². The summed E-state index contributed by atoms with van der Waals surface area (Å²) in [6.07, 6.45) is 12.4. The summed E-state index contributed by atoms with van der Waals surface area (Å²) in [6.45, 7) is 2.20. The second-order valence-electron chi connectivity index (χ2n) is 5.60. The molecule has 1 aliphatic heterocycles. The quantitative estimate of drug-likeness (QED) is 0.674. The van der Waals surface area contributed by atoms with E-state index in [0.29, 0.717) is 0 Å². The monoisotopic (exact) mass is 295 g/mol. The number of aryl methyl sites for hydroxylation is 2. The molecule has 0 unspecified atom stereocenters. The average Bonchev–Trinajstić information content (AvgIpc) is 3.17. The van der Waals surface area contributed by atoms with E-state index in [1.165, 1.54) is 0 Å². The molecule has 0 fully saturated rings. The molecule has 1 aliphatic rings. The third-order valence-electron chi connectivity index (χ3n) is 4.30. The van der Waals surface area contributed by atoms with Crippen LogP contribution in [0, 0.1) is 0 Å². The lowest BCUT2D eigenvalue weighted by atomic mass is 10.4. The van der Waals surface area contributed by atoms with Gasteiger partial charge in [-0.15, -0.1) is 0 Å². The lowest BCUT2D eigenvalue weighted by molar-refractivity contribution is -0.658. The second kappa shape index (κ2) is 4.62. The molecule has 6 heteroatoms. The Morgan fingerprint density at radius 3 is 2.77 bits per heavy atom. The van der Waals surface area contributed by atoms with E-state index >= 15 is 0 Å². The summed E-state index contributed by atoms with van der Waals surface area (Å²) in [4.78, 5) is 8.90. The summed E-state index contributed by atoms with van der Waals surface area (Å²) in [6, 6.07) is 6.23. The Bertz CT molecular complexity index is 859. The third kappa shape index (κ3) is 1.73. The normalized spacial score (nSPS) is 17.9. The fraction of sp³-hybridized carbons (Fsp3) is 0.250. The van der Waals surface area contributed by atoms with Crippen LogP contribution < -0.4 is 14.4 Å². The number of pyridine rings is 1. The predicted octanol–water partition coefficient (Wildman–Crippen LogP) is 1.64. The molecule has 3 aromatic rings. The first kappa shape index (κ1) is 12.9. The Balaban J connectivity index is 1.71. The molecule has 6 nitrogen and oxygen atoms in total. The van der Waals surface area contributed by atoms with Crippen molar-refractivity contribution in [1.29, 1.82) is 0 Å². The molecule has 0 aromatic carbocycles. The van der Waals surface area contributed by atoms with Crippen LogP contribution in [0.4, 0.5) is 11.6 Å². The zero-order chi connectivity index (χ0) is 15.3. The van der Waals surface area contributed by atoms with Crippen molar-refractivity contribution in [3.8, 4) is 0 Å². The molecule has 3 aromatic heterocycles. The van der Waals surface area contributed by atoms with E-state index in [-0.39, 0.29) is 6.17 Å². The maximum absolute atomic E-state index is 4.38. The fourth-order valence-corrected chi connectivity index (χ4v) is 3.06. The van der Waals surface area contributed by atoms with Gasteiger partial charge in [-0.2, -0.15) is 0 Å². The average molecular weight is 295 g/mol. The zero-order valence-corrected chi connectivity index (χ0v) is 13.0. The topological polar surface area (TPSA) is 32.6 Å². The van der Waals surface area contributed by atoms with Crippen LogP contribution in [-0.4, -0.2) is 20.1 Å². The number of imidazole rings is 2. The SMILES string of the molecule is C[C@@H]1N(c2cn3ccnc3n2C)C=CN1c1cccc[n+]1C. The molecule has 1 atom stereocenters. The highest BCUT2D eigenvalue weighted by Crippen LogP contribution is 2.28. The van der Waals surface area contributed by atoms with Crippen molar-refractivity contribution >= 4 is 17.4 Å². The third-order valence-corrected chi connectivity index (χ3v) is 4.30. The van der Waals surface area contributed by atoms with Crippen molar-refractivity contribution in [2.24, 2.45) is 14.1 Å². The second-order valence-corrected chi connectivity index (χ2v) is 5.60. The Kier molecular flexibility index (Phi) is 2.72. The van der Waals surface area contributed by atoms with Crippen molar-refractivity contribution in [3.05, 3.63) is 55.4 Å². The smallest absolute Gasteiger partial charge is 0.282 e. The Hall–Kier alpha value is -2.76. The molecule has 112 valence electrons. The van der Waals surface area contributed by atoms with Crippen molar-refractivity contribution in [3.63, 3.8) is 0 Å². The van der Waals surface area contributed by atoms with Gasteiger partial charge in [0, 0.05) is 31.7 Å². The Labute approximate surface area is 129 Å². The summed E-state index contributed by atoms with van der Waals surface area (Å²) >= 11 is 0. The maximum Gasteiger partial charge on any atom is 0.282 e. The van der Waals surface area contributed by atoms with Gasteiger partial charge in [0.1, 0.15) is 12.0 Å². The molecule has 0 radical (unpaired) electrons. The molecule has 0 saturated carbocycles. The van der Waals surface area contributed by atoms with Gasteiger partial charge in [-0.3, -0.25) is 13.9 Å². The number of anilines is 2. The Morgan fingerprint density at radius 2 is 2.00 bits per heavy atom. The minimum atomic E-state index is 0.201. The predicted molar refractivity (Wildman–Crippen MR) is 85.3 cm³/mol. The summed E-state index contributed by atoms with van der Waals surface area (Å²) in [5, 5.41) is 0. The molecule has 0 N–H and O–H groups in total. The van der Waals surface area contributed by atoms with Gasteiger partial charge < -0.3 is 0 Å². The lowest BCUT2D eigenvalue weighted by Gasteiger charge is -2.24. The number of hydrogen-bond acceptors (Lipinski definition) is 3. The van der Waals surface area contributed by atoms with Crippen molar-refractivity contribution in [2.75, 3.05) is 9.80 Å². The largest absolute Gasteiger partial charge is 0.299 e. The van der Waals surface area contributed by atoms with Crippen LogP contribution in [0.3, 0.4) is 0 Å². The summed E-state index contributed by atoms with van der Waals surface area (Å²) < 4.78 is 6.28. The number of fused-ring (bicyclic) bond motifs is 1. The van der Waals surface area contributed by atoms with Gasteiger partial charge in [-0.1, -0.05) is 6.07 Å². The van der Waals surface area contributed by atoms with Gasteiger partial charge in [0.15, 0.2) is 6.17 Å². The molecule has 4 heterocycles. The molecule has 0 saturated heterocycles. The minimum Gasteiger partial charge on any atom is -0.299 e. The van der Waals surface area contributed by atoms with Crippen LogP contribution in [0.25, 0.3) is 5.78 Å². The fourth-order valence-electron chi connectivity index (χ4n) is 3.06. The number of nitrogens with zero attached hydrogens (tertiary/aromatic N) is 6. The van der Waals surface area contributed by atoms with E-state index in [9.17, 15) is 0 Å². The van der Waals surface area contributed by atoms with Crippen LogP contribution in [0.15, 0.2) is 55.4 Å². The van der Waals surface area contributed by atoms with E-state index in [1.807, 2.05) is 29.9 Å². The van der Waals surface area contributed by atoms with Crippen LogP contribution in [0.5, 0.6) is 0 Å². The molecular weight excluding hydrogens is 276 g/mol. The van der Waals surface area contributed by atoms with Crippen LogP contribution in [0.1, 0.15) is 6.92 Å².